The first-order valence-corrected chi connectivity index (χ1v) is 8.13. The lowest BCUT2D eigenvalue weighted by Crippen LogP contribution is -2.04. The highest BCUT2D eigenvalue weighted by atomic mass is 32.1. The van der Waals surface area contributed by atoms with Gasteiger partial charge in [-0.2, -0.15) is 0 Å². The number of hydrogen-bond donors (Lipinski definition) is 0. The third-order valence-electron chi connectivity index (χ3n) is 3.91. The number of benzene rings is 1. The summed E-state index contributed by atoms with van der Waals surface area (Å²) in [6.45, 7) is 6.51. The number of hydrogen-bond acceptors (Lipinski definition) is 2. The third kappa shape index (κ3) is 2.33. The molecule has 0 saturated heterocycles. The molecule has 1 nitrogen and oxygen atoms in total. The molecule has 0 saturated carbocycles. The first-order chi connectivity index (χ1) is 9.56. The minimum Gasteiger partial charge on any atom is -0.294 e. The molecule has 1 aromatic heterocycles. The summed E-state index contributed by atoms with van der Waals surface area (Å²) in [5.41, 5.74) is 3.33. The molecule has 0 amide bonds. The molecule has 2 aromatic rings. The predicted octanol–water partition coefficient (Wildman–Crippen LogP) is 4.99. The van der Waals surface area contributed by atoms with Gasteiger partial charge < -0.3 is 0 Å². The molecule has 20 heavy (non-hydrogen) atoms. The second-order valence-electron chi connectivity index (χ2n) is 6.17. The van der Waals surface area contributed by atoms with Gasteiger partial charge in [0, 0.05) is 26.8 Å². The lowest BCUT2D eigenvalue weighted by Gasteiger charge is -2.05. The molecule has 1 aliphatic rings. The minimum atomic E-state index is 0.140. The fraction of sp³-hybridized carbons (Fsp3) is 0.389. The van der Waals surface area contributed by atoms with E-state index in [9.17, 15) is 4.79 Å². The summed E-state index contributed by atoms with van der Waals surface area (Å²) < 4.78 is 0. The van der Waals surface area contributed by atoms with E-state index in [1.165, 1.54) is 15.3 Å². The van der Waals surface area contributed by atoms with E-state index in [0.717, 1.165) is 24.0 Å². The van der Waals surface area contributed by atoms with E-state index in [2.05, 4.69) is 44.2 Å². The zero-order chi connectivity index (χ0) is 14.3. The van der Waals surface area contributed by atoms with Gasteiger partial charge in [0.25, 0.3) is 0 Å². The van der Waals surface area contributed by atoms with Gasteiger partial charge in [-0.05, 0) is 36.5 Å². The van der Waals surface area contributed by atoms with Crippen molar-refractivity contribution in [1.29, 1.82) is 0 Å². The van der Waals surface area contributed by atoms with Crippen LogP contribution in [0.1, 0.15) is 41.6 Å². The van der Waals surface area contributed by atoms with Crippen LogP contribution < -0.4 is 0 Å². The van der Waals surface area contributed by atoms with Gasteiger partial charge in [0.15, 0.2) is 5.78 Å². The molecule has 1 aromatic carbocycles. The average Bonchev–Trinajstić information content (AvgIpc) is 2.95. The smallest absolute Gasteiger partial charge is 0.166 e. The van der Waals surface area contributed by atoms with Crippen molar-refractivity contribution in [3.63, 3.8) is 0 Å². The average molecular weight is 284 g/mol. The van der Waals surface area contributed by atoms with Crippen molar-refractivity contribution < 1.29 is 4.79 Å². The third-order valence-corrected chi connectivity index (χ3v) is 5.05. The van der Waals surface area contributed by atoms with Gasteiger partial charge in [-0.25, -0.2) is 0 Å². The molecule has 0 aliphatic heterocycles. The van der Waals surface area contributed by atoms with Crippen molar-refractivity contribution in [3.05, 3.63) is 46.3 Å². The summed E-state index contributed by atoms with van der Waals surface area (Å²) in [5, 5.41) is 0. The van der Waals surface area contributed by atoms with E-state index in [1.807, 2.05) is 18.3 Å². The normalized spacial score (nSPS) is 17.8. The Morgan fingerprint density at radius 2 is 2.05 bits per heavy atom. The molecular weight excluding hydrogens is 264 g/mol. The van der Waals surface area contributed by atoms with Gasteiger partial charge >= 0.3 is 0 Å². The topological polar surface area (TPSA) is 17.1 Å². The second kappa shape index (κ2) is 5.17. The van der Waals surface area contributed by atoms with Gasteiger partial charge in [-0.3, -0.25) is 4.79 Å². The first kappa shape index (κ1) is 13.6. The zero-order valence-electron chi connectivity index (χ0n) is 12.3. The van der Waals surface area contributed by atoms with Crippen LogP contribution in [-0.4, -0.2) is 5.78 Å². The van der Waals surface area contributed by atoms with E-state index < -0.39 is 0 Å². The Morgan fingerprint density at radius 1 is 1.25 bits per heavy atom. The molecule has 0 radical (unpaired) electrons. The SMILES string of the molecule is CC(C)Cc1ccc(-c2cccc3c2C(=O)C(C)C3)s1. The molecule has 0 N–H and O–H groups in total. The highest BCUT2D eigenvalue weighted by Crippen LogP contribution is 2.38. The van der Waals surface area contributed by atoms with Crippen LogP contribution in [0, 0.1) is 11.8 Å². The van der Waals surface area contributed by atoms with E-state index in [1.54, 1.807) is 0 Å². The molecule has 3 rings (SSSR count). The standard InChI is InChI=1S/C18H20OS/c1-11(2)9-14-7-8-16(20-14)15-6-4-5-13-10-12(3)18(19)17(13)15/h4-8,11-12H,9-10H2,1-3H3. The van der Waals surface area contributed by atoms with Gasteiger partial charge in [-0.15, -0.1) is 11.3 Å². The van der Waals surface area contributed by atoms with E-state index in [4.69, 9.17) is 0 Å². The second-order valence-corrected chi connectivity index (χ2v) is 7.34. The molecule has 104 valence electrons. The van der Waals surface area contributed by atoms with E-state index >= 15 is 0 Å². The highest BCUT2D eigenvalue weighted by molar-refractivity contribution is 7.15. The molecule has 0 spiro atoms. The van der Waals surface area contributed by atoms with Gasteiger partial charge in [0.2, 0.25) is 0 Å². The number of ketones is 1. The number of carbonyl (C=O) groups excluding carboxylic acids is 1. The van der Waals surface area contributed by atoms with Crippen molar-refractivity contribution in [2.45, 2.75) is 33.6 Å². The van der Waals surface area contributed by atoms with Gasteiger partial charge in [0.05, 0.1) is 0 Å². The summed E-state index contributed by atoms with van der Waals surface area (Å²) in [5.74, 6) is 1.13. The lowest BCUT2D eigenvalue weighted by atomic mass is 10.0. The Labute approximate surface area is 124 Å². The molecule has 0 fully saturated rings. The summed E-state index contributed by atoms with van der Waals surface area (Å²) in [7, 11) is 0. The molecule has 1 aliphatic carbocycles. The van der Waals surface area contributed by atoms with E-state index in [-0.39, 0.29) is 5.92 Å². The fourth-order valence-electron chi connectivity index (χ4n) is 2.97. The Morgan fingerprint density at radius 3 is 2.80 bits per heavy atom. The van der Waals surface area contributed by atoms with Crippen LogP contribution in [0.5, 0.6) is 0 Å². The van der Waals surface area contributed by atoms with Crippen LogP contribution >= 0.6 is 11.3 Å². The van der Waals surface area contributed by atoms with Gasteiger partial charge in [0.1, 0.15) is 0 Å². The Balaban J connectivity index is 2.02. The molecule has 2 heteroatoms. The van der Waals surface area contributed by atoms with Crippen LogP contribution in [0.4, 0.5) is 0 Å². The quantitative estimate of drug-likeness (QED) is 0.776. The summed E-state index contributed by atoms with van der Waals surface area (Å²) in [6.07, 6.45) is 2.01. The maximum absolute atomic E-state index is 12.4. The van der Waals surface area contributed by atoms with Crippen LogP contribution in [-0.2, 0) is 12.8 Å². The monoisotopic (exact) mass is 284 g/mol. The molecular formula is C18H20OS. The number of fused-ring (bicyclic) bond motifs is 1. The summed E-state index contributed by atoms with van der Waals surface area (Å²) in [6, 6.07) is 10.7. The fourth-order valence-corrected chi connectivity index (χ4v) is 4.22. The van der Waals surface area contributed by atoms with Crippen LogP contribution in [0.15, 0.2) is 30.3 Å². The number of thiophene rings is 1. The number of carbonyl (C=O) groups is 1. The molecule has 0 bridgehead atoms. The van der Waals surface area contributed by atoms with Gasteiger partial charge in [-0.1, -0.05) is 39.0 Å². The van der Waals surface area contributed by atoms with Crippen molar-refractivity contribution >= 4 is 17.1 Å². The maximum Gasteiger partial charge on any atom is 0.166 e. The molecule has 1 unspecified atom stereocenters. The van der Waals surface area contributed by atoms with Crippen LogP contribution in [0.2, 0.25) is 0 Å². The van der Waals surface area contributed by atoms with Crippen LogP contribution in [0.3, 0.4) is 0 Å². The first-order valence-electron chi connectivity index (χ1n) is 7.31. The van der Waals surface area contributed by atoms with Crippen molar-refractivity contribution in [2.24, 2.45) is 11.8 Å². The van der Waals surface area contributed by atoms with E-state index in [0.29, 0.717) is 11.7 Å². The highest BCUT2D eigenvalue weighted by Gasteiger charge is 2.29. The number of Topliss-reactive ketones (excluding diaryl/α,β-unsaturated/α-hetero) is 1. The minimum absolute atomic E-state index is 0.140. The van der Waals surface area contributed by atoms with Crippen LogP contribution in [0.25, 0.3) is 10.4 Å². The summed E-state index contributed by atoms with van der Waals surface area (Å²) in [4.78, 5) is 15.0. The lowest BCUT2D eigenvalue weighted by molar-refractivity contribution is 0.0947. The largest absolute Gasteiger partial charge is 0.294 e. The Kier molecular flexibility index (Phi) is 3.51. The van der Waals surface area contributed by atoms with Crippen molar-refractivity contribution in [1.82, 2.24) is 0 Å². The Hall–Kier alpha value is -1.41. The number of rotatable bonds is 3. The molecule has 1 atom stereocenters. The zero-order valence-corrected chi connectivity index (χ0v) is 13.1. The van der Waals surface area contributed by atoms with Crippen molar-refractivity contribution in [2.75, 3.05) is 0 Å². The molecule has 1 heterocycles. The summed E-state index contributed by atoms with van der Waals surface area (Å²) >= 11 is 1.83. The van der Waals surface area contributed by atoms with Crippen molar-refractivity contribution in [3.8, 4) is 10.4 Å². The predicted molar refractivity (Wildman–Crippen MR) is 85.5 cm³/mol. The Bertz CT molecular complexity index is 651. The maximum atomic E-state index is 12.4.